The summed E-state index contributed by atoms with van der Waals surface area (Å²) in [6, 6.07) is 4.19. The maximum absolute atomic E-state index is 13.2. The van der Waals surface area contributed by atoms with Crippen LogP contribution in [-0.2, 0) is 11.2 Å². The van der Waals surface area contributed by atoms with Gasteiger partial charge in [-0.25, -0.2) is 4.79 Å². The summed E-state index contributed by atoms with van der Waals surface area (Å²) in [5, 5.41) is 1.02. The number of carbonyl (C=O) groups is 1. The van der Waals surface area contributed by atoms with E-state index in [4.69, 9.17) is 9.47 Å². The zero-order valence-corrected chi connectivity index (χ0v) is 19.3. The Labute approximate surface area is 190 Å². The van der Waals surface area contributed by atoms with Gasteiger partial charge in [0.15, 0.2) is 5.72 Å². The summed E-state index contributed by atoms with van der Waals surface area (Å²) in [4.78, 5) is 21.6. The average molecular weight is 438 g/mol. The summed E-state index contributed by atoms with van der Waals surface area (Å²) in [6.07, 6.45) is 9.55. The Balaban J connectivity index is 1.32. The lowest BCUT2D eigenvalue weighted by atomic mass is 9.74. The van der Waals surface area contributed by atoms with Crippen molar-refractivity contribution in [2.45, 2.75) is 64.0 Å². The molecule has 6 rings (SSSR count). The van der Waals surface area contributed by atoms with Crippen molar-refractivity contribution in [1.29, 1.82) is 0 Å². The highest BCUT2D eigenvalue weighted by Gasteiger charge is 2.52. The van der Waals surface area contributed by atoms with Crippen LogP contribution in [0.15, 0.2) is 12.1 Å². The van der Waals surface area contributed by atoms with Gasteiger partial charge in [0.25, 0.3) is 0 Å². The molecule has 1 aromatic carbocycles. The first-order chi connectivity index (χ1) is 15.7. The molecule has 0 radical (unpaired) electrons. The summed E-state index contributed by atoms with van der Waals surface area (Å²) < 4.78 is 12.7. The quantitative estimate of drug-likeness (QED) is 0.725. The van der Waals surface area contributed by atoms with E-state index in [0.717, 1.165) is 67.9 Å². The van der Waals surface area contributed by atoms with Crippen molar-refractivity contribution in [3.63, 3.8) is 0 Å². The van der Waals surface area contributed by atoms with Crippen LogP contribution in [0, 0.1) is 12.8 Å². The second-order valence-electron chi connectivity index (χ2n) is 10.2. The molecule has 4 aliphatic rings. The highest BCUT2D eigenvalue weighted by atomic mass is 16.5. The van der Waals surface area contributed by atoms with Crippen molar-refractivity contribution in [1.82, 2.24) is 14.8 Å². The Bertz CT molecular complexity index is 1020. The normalized spacial score (nSPS) is 28.1. The van der Waals surface area contributed by atoms with Crippen molar-refractivity contribution >= 4 is 16.9 Å². The summed E-state index contributed by atoms with van der Waals surface area (Å²) in [5.41, 5.74) is 3.67. The maximum Gasteiger partial charge on any atom is 0.340 e. The Kier molecular flexibility index (Phi) is 5.18. The lowest BCUT2D eigenvalue weighted by molar-refractivity contribution is -0.177. The Morgan fingerprint density at radius 3 is 2.84 bits per heavy atom. The van der Waals surface area contributed by atoms with Crippen molar-refractivity contribution in [2.75, 3.05) is 39.3 Å². The van der Waals surface area contributed by atoms with Gasteiger partial charge in [0.2, 0.25) is 0 Å². The smallest absolute Gasteiger partial charge is 0.340 e. The third kappa shape index (κ3) is 3.26. The summed E-state index contributed by atoms with van der Waals surface area (Å²) in [6.45, 7) is 7.80. The van der Waals surface area contributed by atoms with E-state index in [0.29, 0.717) is 18.1 Å². The molecule has 4 aliphatic heterocycles. The molecular weight excluding hydrogens is 402 g/mol. The number of likely N-dealkylation sites (tertiary alicyclic amines) is 1. The minimum Gasteiger partial charge on any atom is -0.472 e. The monoisotopic (exact) mass is 437 g/mol. The van der Waals surface area contributed by atoms with Gasteiger partial charge in [-0.05, 0) is 77.1 Å². The standard InChI is InChI=1S/C26H35N3O3/c1-18-23(25(30)31-16-15-28-11-4-5-12-28)24-20-17-19-7-6-14-29-13-3-2-10-26(19,29)32-22(20)9-8-21(24)27-18/h8-9,19,27H,2-7,10-17H2,1H3. The molecule has 32 heavy (non-hydrogen) atoms. The molecule has 1 N–H and O–H groups in total. The lowest BCUT2D eigenvalue weighted by Crippen LogP contribution is -2.64. The number of aryl methyl sites for hydroxylation is 1. The summed E-state index contributed by atoms with van der Waals surface area (Å²) >= 11 is 0. The molecule has 1 aromatic heterocycles. The van der Waals surface area contributed by atoms with Crippen LogP contribution >= 0.6 is 0 Å². The molecule has 1 spiro atoms. The maximum atomic E-state index is 13.2. The van der Waals surface area contributed by atoms with E-state index in [-0.39, 0.29) is 11.7 Å². The molecule has 2 unspecified atom stereocenters. The van der Waals surface area contributed by atoms with Crippen LogP contribution in [0.2, 0.25) is 0 Å². The molecule has 6 heteroatoms. The molecule has 0 aliphatic carbocycles. The molecule has 3 saturated heterocycles. The molecule has 0 bridgehead atoms. The fourth-order valence-electron chi connectivity index (χ4n) is 6.81. The van der Waals surface area contributed by atoms with Crippen molar-refractivity contribution in [3.8, 4) is 5.75 Å². The number of benzene rings is 1. The Hall–Kier alpha value is -2.05. The van der Waals surface area contributed by atoms with Crippen molar-refractivity contribution in [3.05, 3.63) is 29.0 Å². The lowest BCUT2D eigenvalue weighted by Gasteiger charge is -2.56. The van der Waals surface area contributed by atoms with E-state index in [1.54, 1.807) is 0 Å². The second-order valence-corrected chi connectivity index (χ2v) is 10.2. The first kappa shape index (κ1) is 20.5. The largest absolute Gasteiger partial charge is 0.472 e. The van der Waals surface area contributed by atoms with E-state index >= 15 is 0 Å². The van der Waals surface area contributed by atoms with Gasteiger partial charge in [0.1, 0.15) is 12.4 Å². The minimum atomic E-state index is -0.204. The van der Waals surface area contributed by atoms with Crippen LogP contribution in [0.3, 0.4) is 0 Å². The first-order valence-electron chi connectivity index (χ1n) is 12.6. The van der Waals surface area contributed by atoms with Crippen molar-refractivity contribution in [2.24, 2.45) is 5.92 Å². The number of rotatable bonds is 4. The Morgan fingerprint density at radius 1 is 1.16 bits per heavy atom. The number of nitrogens with one attached hydrogen (secondary N) is 1. The zero-order chi connectivity index (χ0) is 21.7. The third-order valence-electron chi connectivity index (χ3n) is 8.36. The number of carbonyl (C=O) groups excluding carboxylic acids is 1. The number of aromatic nitrogens is 1. The highest BCUT2D eigenvalue weighted by molar-refractivity contribution is 6.07. The van der Waals surface area contributed by atoms with Crippen LogP contribution in [0.25, 0.3) is 10.9 Å². The van der Waals surface area contributed by atoms with Gasteiger partial charge in [0, 0.05) is 54.1 Å². The van der Waals surface area contributed by atoms with Gasteiger partial charge in [-0.2, -0.15) is 0 Å². The molecule has 3 fully saturated rings. The van der Waals surface area contributed by atoms with E-state index in [9.17, 15) is 4.79 Å². The number of H-pyrrole nitrogens is 1. The molecule has 172 valence electrons. The van der Waals surface area contributed by atoms with Gasteiger partial charge >= 0.3 is 5.97 Å². The van der Waals surface area contributed by atoms with Crippen LogP contribution in [-0.4, -0.2) is 65.8 Å². The first-order valence-corrected chi connectivity index (χ1v) is 12.6. The molecule has 2 atom stereocenters. The van der Waals surface area contributed by atoms with E-state index < -0.39 is 0 Å². The van der Waals surface area contributed by atoms with Crippen LogP contribution in [0.1, 0.15) is 66.6 Å². The fourth-order valence-corrected chi connectivity index (χ4v) is 6.81. The number of nitrogens with zero attached hydrogens (tertiary/aromatic N) is 2. The van der Waals surface area contributed by atoms with E-state index in [2.05, 4.69) is 26.9 Å². The summed E-state index contributed by atoms with van der Waals surface area (Å²) in [5.74, 6) is 1.25. The van der Waals surface area contributed by atoms with Gasteiger partial charge in [0.05, 0.1) is 5.56 Å². The average Bonchev–Trinajstić information content (AvgIpc) is 3.43. The van der Waals surface area contributed by atoms with Crippen LogP contribution < -0.4 is 4.74 Å². The van der Waals surface area contributed by atoms with Gasteiger partial charge in [-0.3, -0.25) is 9.80 Å². The highest BCUT2D eigenvalue weighted by Crippen LogP contribution is 2.50. The predicted octanol–water partition coefficient (Wildman–Crippen LogP) is 4.26. The van der Waals surface area contributed by atoms with Crippen molar-refractivity contribution < 1.29 is 14.3 Å². The number of piperidine rings is 2. The van der Waals surface area contributed by atoms with E-state index in [1.807, 2.05) is 6.92 Å². The van der Waals surface area contributed by atoms with Crippen LogP contribution in [0.5, 0.6) is 5.75 Å². The Morgan fingerprint density at radius 2 is 1.97 bits per heavy atom. The number of hydrogen-bond acceptors (Lipinski definition) is 5. The van der Waals surface area contributed by atoms with E-state index in [1.165, 1.54) is 44.1 Å². The van der Waals surface area contributed by atoms with Gasteiger partial charge < -0.3 is 14.5 Å². The topological polar surface area (TPSA) is 57.8 Å². The number of esters is 1. The number of hydrogen-bond donors (Lipinski definition) is 1. The van der Waals surface area contributed by atoms with Gasteiger partial charge in [-0.15, -0.1) is 0 Å². The fraction of sp³-hybridized carbons (Fsp3) is 0.654. The molecular formula is C26H35N3O3. The van der Waals surface area contributed by atoms with Gasteiger partial charge in [-0.1, -0.05) is 0 Å². The minimum absolute atomic E-state index is 0.140. The molecule has 5 heterocycles. The molecule has 2 aromatic rings. The molecule has 0 saturated carbocycles. The SMILES string of the molecule is Cc1[nH]c2ccc3c(c2c1C(=O)OCCN1CCCC1)CC1CCCN2CCCCC12O3. The zero-order valence-electron chi connectivity index (χ0n) is 19.3. The number of ether oxygens (including phenoxy) is 2. The second kappa shape index (κ2) is 8.07. The number of fused-ring (bicyclic) bond motifs is 3. The third-order valence-corrected chi connectivity index (χ3v) is 8.36. The molecule has 0 amide bonds. The predicted molar refractivity (Wildman–Crippen MR) is 124 cm³/mol. The van der Waals surface area contributed by atoms with Crippen LogP contribution in [0.4, 0.5) is 0 Å². The molecule has 6 nitrogen and oxygen atoms in total. The number of aromatic amines is 1. The summed E-state index contributed by atoms with van der Waals surface area (Å²) in [7, 11) is 0.